The normalized spacial score (nSPS) is 11.2. The largest absolute Gasteiger partial charge is 0.495 e. The lowest BCUT2D eigenvalue weighted by Crippen LogP contribution is -2.00. The Bertz CT molecular complexity index is 470. The Morgan fingerprint density at radius 1 is 1.20 bits per heavy atom. The van der Waals surface area contributed by atoms with Gasteiger partial charge < -0.3 is 9.47 Å². The Labute approximate surface area is 97.1 Å². The van der Waals surface area contributed by atoms with Crippen LogP contribution >= 0.6 is 22.3 Å². The Morgan fingerprint density at radius 2 is 1.80 bits per heavy atom. The van der Waals surface area contributed by atoms with E-state index in [1.54, 1.807) is 0 Å². The molecular formula is C8H8Cl2O4S. The van der Waals surface area contributed by atoms with Gasteiger partial charge in [0.1, 0.15) is 5.75 Å². The van der Waals surface area contributed by atoms with Crippen molar-refractivity contribution in [3.63, 3.8) is 0 Å². The summed E-state index contributed by atoms with van der Waals surface area (Å²) < 4.78 is 32.3. The SMILES string of the molecule is COc1ccc(Cl)c(OC)c1S(=O)(=O)Cl. The van der Waals surface area contributed by atoms with Crippen LogP contribution < -0.4 is 9.47 Å². The second-order valence-electron chi connectivity index (χ2n) is 2.55. The molecule has 0 atom stereocenters. The van der Waals surface area contributed by atoms with Crippen molar-refractivity contribution in [3.8, 4) is 11.5 Å². The van der Waals surface area contributed by atoms with E-state index in [1.807, 2.05) is 0 Å². The van der Waals surface area contributed by atoms with E-state index in [-0.39, 0.29) is 21.4 Å². The molecule has 1 aromatic rings. The van der Waals surface area contributed by atoms with Crippen LogP contribution in [0.15, 0.2) is 17.0 Å². The fourth-order valence-corrected chi connectivity index (χ4v) is 2.64. The van der Waals surface area contributed by atoms with E-state index >= 15 is 0 Å². The molecule has 0 aliphatic heterocycles. The van der Waals surface area contributed by atoms with E-state index < -0.39 is 9.05 Å². The number of benzene rings is 1. The molecule has 0 aliphatic carbocycles. The summed E-state index contributed by atoms with van der Waals surface area (Å²) in [7, 11) is 3.90. The van der Waals surface area contributed by atoms with E-state index in [0.29, 0.717) is 0 Å². The third-order valence-electron chi connectivity index (χ3n) is 1.70. The van der Waals surface area contributed by atoms with Gasteiger partial charge in [0.2, 0.25) is 0 Å². The van der Waals surface area contributed by atoms with Crippen molar-refractivity contribution in [1.29, 1.82) is 0 Å². The van der Waals surface area contributed by atoms with E-state index in [2.05, 4.69) is 0 Å². The maximum absolute atomic E-state index is 11.3. The van der Waals surface area contributed by atoms with Gasteiger partial charge >= 0.3 is 0 Å². The molecule has 15 heavy (non-hydrogen) atoms. The molecule has 7 heteroatoms. The molecule has 1 aromatic carbocycles. The summed E-state index contributed by atoms with van der Waals surface area (Å²) in [5.41, 5.74) is 0. The highest BCUT2D eigenvalue weighted by Crippen LogP contribution is 2.40. The molecule has 0 N–H and O–H groups in total. The predicted octanol–water partition coefficient (Wildman–Crippen LogP) is 2.28. The Morgan fingerprint density at radius 3 is 2.20 bits per heavy atom. The van der Waals surface area contributed by atoms with Crippen molar-refractivity contribution in [2.24, 2.45) is 0 Å². The summed E-state index contributed by atoms with van der Waals surface area (Å²) in [5, 5.41) is 0.150. The fraction of sp³-hybridized carbons (Fsp3) is 0.250. The van der Waals surface area contributed by atoms with Crippen molar-refractivity contribution >= 4 is 31.3 Å². The molecule has 1 rings (SSSR count). The zero-order chi connectivity index (χ0) is 11.6. The molecule has 0 amide bonds. The second kappa shape index (κ2) is 4.47. The second-order valence-corrected chi connectivity index (χ2v) is 5.46. The van der Waals surface area contributed by atoms with Crippen LogP contribution in [0.2, 0.25) is 5.02 Å². The van der Waals surface area contributed by atoms with E-state index in [1.165, 1.54) is 26.4 Å². The first-order valence-corrected chi connectivity index (χ1v) is 6.45. The lowest BCUT2D eigenvalue weighted by molar-refractivity contribution is 0.374. The quantitative estimate of drug-likeness (QED) is 0.791. The van der Waals surface area contributed by atoms with E-state index in [0.717, 1.165) is 0 Å². The lowest BCUT2D eigenvalue weighted by Gasteiger charge is -2.11. The summed E-state index contributed by atoms with van der Waals surface area (Å²) in [5.74, 6) is 0.0669. The fourth-order valence-electron chi connectivity index (χ4n) is 1.10. The molecule has 0 fully saturated rings. The monoisotopic (exact) mass is 270 g/mol. The number of rotatable bonds is 3. The van der Waals surface area contributed by atoms with Crippen LogP contribution in [-0.4, -0.2) is 22.6 Å². The van der Waals surface area contributed by atoms with Gasteiger partial charge in [-0.25, -0.2) is 8.42 Å². The molecule has 0 aliphatic rings. The van der Waals surface area contributed by atoms with Gasteiger partial charge in [0.05, 0.1) is 19.2 Å². The van der Waals surface area contributed by atoms with Gasteiger partial charge in [0.25, 0.3) is 9.05 Å². The molecule has 0 heterocycles. The zero-order valence-electron chi connectivity index (χ0n) is 7.95. The molecule has 0 bridgehead atoms. The minimum atomic E-state index is -3.97. The minimum Gasteiger partial charge on any atom is -0.495 e. The van der Waals surface area contributed by atoms with Crippen molar-refractivity contribution in [1.82, 2.24) is 0 Å². The van der Waals surface area contributed by atoms with Gasteiger partial charge in [-0.1, -0.05) is 11.6 Å². The smallest absolute Gasteiger partial charge is 0.268 e. The first kappa shape index (κ1) is 12.4. The Balaban J connectivity index is 3.63. The van der Waals surface area contributed by atoms with Crippen LogP contribution in [0.1, 0.15) is 0 Å². The third-order valence-corrected chi connectivity index (χ3v) is 3.33. The van der Waals surface area contributed by atoms with Crippen molar-refractivity contribution in [2.45, 2.75) is 4.90 Å². The molecule has 0 radical (unpaired) electrons. The van der Waals surface area contributed by atoms with Crippen LogP contribution in [0.3, 0.4) is 0 Å². The predicted molar refractivity (Wildman–Crippen MR) is 57.6 cm³/mol. The Kier molecular flexibility index (Phi) is 3.70. The van der Waals surface area contributed by atoms with Crippen LogP contribution in [0, 0.1) is 0 Å². The maximum atomic E-state index is 11.3. The summed E-state index contributed by atoms with van der Waals surface area (Å²) in [4.78, 5) is -0.262. The number of methoxy groups -OCH3 is 2. The van der Waals surface area contributed by atoms with Crippen LogP contribution in [0.25, 0.3) is 0 Å². The van der Waals surface area contributed by atoms with Gasteiger partial charge in [0, 0.05) is 10.7 Å². The number of ether oxygens (including phenoxy) is 2. The molecule has 0 aromatic heterocycles. The molecule has 0 spiro atoms. The van der Waals surface area contributed by atoms with Crippen LogP contribution in [0.5, 0.6) is 11.5 Å². The Hall–Kier alpha value is -0.650. The van der Waals surface area contributed by atoms with Crippen LogP contribution in [-0.2, 0) is 9.05 Å². The molecule has 4 nitrogen and oxygen atoms in total. The molecule has 0 saturated heterocycles. The van der Waals surface area contributed by atoms with Gasteiger partial charge in [-0.15, -0.1) is 0 Å². The number of hydrogen-bond acceptors (Lipinski definition) is 4. The summed E-state index contributed by atoms with van der Waals surface area (Å²) in [6.45, 7) is 0. The third kappa shape index (κ3) is 2.48. The summed E-state index contributed by atoms with van der Waals surface area (Å²) in [6, 6.07) is 2.87. The van der Waals surface area contributed by atoms with Gasteiger partial charge in [-0.2, -0.15) is 0 Å². The highest BCUT2D eigenvalue weighted by molar-refractivity contribution is 8.14. The highest BCUT2D eigenvalue weighted by atomic mass is 35.7. The van der Waals surface area contributed by atoms with Gasteiger partial charge in [-0.3, -0.25) is 0 Å². The molecular weight excluding hydrogens is 263 g/mol. The van der Waals surface area contributed by atoms with Crippen LogP contribution in [0.4, 0.5) is 0 Å². The molecule has 0 saturated carbocycles. The van der Waals surface area contributed by atoms with Gasteiger partial charge in [-0.05, 0) is 12.1 Å². The van der Waals surface area contributed by atoms with Crippen molar-refractivity contribution in [2.75, 3.05) is 14.2 Å². The lowest BCUT2D eigenvalue weighted by atomic mass is 10.3. The maximum Gasteiger partial charge on any atom is 0.268 e. The minimum absolute atomic E-state index is 0.0222. The first-order chi connectivity index (χ1) is 6.91. The first-order valence-electron chi connectivity index (χ1n) is 3.77. The van der Waals surface area contributed by atoms with Crippen molar-refractivity contribution < 1.29 is 17.9 Å². The topological polar surface area (TPSA) is 52.6 Å². The van der Waals surface area contributed by atoms with Gasteiger partial charge in [0.15, 0.2) is 10.6 Å². The molecule has 0 unspecified atom stereocenters. The summed E-state index contributed by atoms with van der Waals surface area (Å²) in [6.07, 6.45) is 0. The number of halogens is 2. The number of hydrogen-bond donors (Lipinski definition) is 0. The van der Waals surface area contributed by atoms with E-state index in [9.17, 15) is 8.42 Å². The van der Waals surface area contributed by atoms with E-state index in [4.69, 9.17) is 31.8 Å². The highest BCUT2D eigenvalue weighted by Gasteiger charge is 2.24. The summed E-state index contributed by atoms with van der Waals surface area (Å²) >= 11 is 5.76. The molecule has 84 valence electrons. The van der Waals surface area contributed by atoms with Crippen molar-refractivity contribution in [3.05, 3.63) is 17.2 Å². The average molecular weight is 271 g/mol. The standard InChI is InChI=1S/C8H8Cl2O4S/c1-13-6-4-3-5(9)7(14-2)8(6)15(10,11)12/h3-4H,1-2H3. The zero-order valence-corrected chi connectivity index (χ0v) is 10.3. The average Bonchev–Trinajstić information content (AvgIpc) is 2.15.